The number of carbonyl (C=O) groups is 1. The number of hydrogen-bond acceptors (Lipinski definition) is 4. The Kier molecular flexibility index (Phi) is 4.55. The fourth-order valence-electron chi connectivity index (χ4n) is 3.30. The van der Waals surface area contributed by atoms with Crippen LogP contribution in [0.25, 0.3) is 0 Å². The summed E-state index contributed by atoms with van der Waals surface area (Å²) in [5.74, 6) is 0.0374. The summed E-state index contributed by atoms with van der Waals surface area (Å²) in [5.41, 5.74) is 0.567. The van der Waals surface area contributed by atoms with Gasteiger partial charge in [0.2, 0.25) is 0 Å². The second-order valence-electron chi connectivity index (χ2n) is 5.98. The van der Waals surface area contributed by atoms with Gasteiger partial charge in [0.15, 0.2) is 0 Å². The van der Waals surface area contributed by atoms with Gasteiger partial charge in [-0.2, -0.15) is 5.10 Å². The molecule has 0 atom stereocenters. The van der Waals surface area contributed by atoms with Crippen LogP contribution in [0.4, 0.5) is 0 Å². The Morgan fingerprint density at radius 3 is 2.62 bits per heavy atom. The molecule has 6 heteroatoms. The molecule has 1 aliphatic heterocycles. The van der Waals surface area contributed by atoms with E-state index in [1.165, 1.54) is 25.7 Å². The van der Waals surface area contributed by atoms with Gasteiger partial charge in [-0.3, -0.25) is 14.4 Å². The fourth-order valence-corrected chi connectivity index (χ4v) is 3.30. The van der Waals surface area contributed by atoms with Gasteiger partial charge in [0.05, 0.1) is 12.6 Å². The van der Waals surface area contributed by atoms with Crippen molar-refractivity contribution < 1.29 is 9.90 Å². The molecule has 1 saturated carbocycles. The number of hydrogen-bond donors (Lipinski definition) is 1. The lowest BCUT2D eigenvalue weighted by Crippen LogP contribution is -2.49. The second kappa shape index (κ2) is 6.58. The molecule has 1 amide bonds. The van der Waals surface area contributed by atoms with Crippen molar-refractivity contribution >= 4 is 5.91 Å². The van der Waals surface area contributed by atoms with Crippen LogP contribution in [-0.4, -0.2) is 69.9 Å². The Bertz CT molecular complexity index is 474. The van der Waals surface area contributed by atoms with Gasteiger partial charge >= 0.3 is 0 Å². The highest BCUT2D eigenvalue weighted by Gasteiger charge is 2.24. The van der Waals surface area contributed by atoms with Gasteiger partial charge in [-0.1, -0.05) is 12.8 Å². The fraction of sp³-hybridized carbons (Fsp3) is 0.733. The minimum Gasteiger partial charge on any atom is -0.395 e. The van der Waals surface area contributed by atoms with Crippen LogP contribution >= 0.6 is 0 Å². The normalized spacial score (nSPS) is 21.1. The zero-order chi connectivity index (χ0) is 14.7. The second-order valence-corrected chi connectivity index (χ2v) is 5.98. The Morgan fingerprint density at radius 2 is 1.95 bits per heavy atom. The first kappa shape index (κ1) is 14.5. The minimum atomic E-state index is 0.0374. The van der Waals surface area contributed by atoms with Gasteiger partial charge in [-0.05, 0) is 18.9 Å². The summed E-state index contributed by atoms with van der Waals surface area (Å²) in [5, 5.41) is 13.4. The van der Waals surface area contributed by atoms with E-state index in [1.807, 2.05) is 21.8 Å². The van der Waals surface area contributed by atoms with Crippen LogP contribution < -0.4 is 0 Å². The quantitative estimate of drug-likeness (QED) is 0.889. The topological polar surface area (TPSA) is 61.6 Å². The van der Waals surface area contributed by atoms with E-state index in [-0.39, 0.29) is 12.5 Å². The molecular weight excluding hydrogens is 268 g/mol. The predicted molar refractivity (Wildman–Crippen MR) is 79.2 cm³/mol. The molecule has 2 aliphatic rings. The highest BCUT2D eigenvalue weighted by atomic mass is 16.3. The zero-order valence-electron chi connectivity index (χ0n) is 12.4. The molecule has 21 heavy (non-hydrogen) atoms. The van der Waals surface area contributed by atoms with E-state index >= 15 is 0 Å². The Balaban J connectivity index is 1.58. The molecule has 0 aromatic carbocycles. The van der Waals surface area contributed by atoms with E-state index in [0.717, 1.165) is 26.2 Å². The third-order valence-corrected chi connectivity index (χ3v) is 4.60. The lowest BCUT2D eigenvalue weighted by molar-refractivity contribution is 0.0608. The molecule has 0 unspecified atom stereocenters. The average Bonchev–Trinajstić information content (AvgIpc) is 3.19. The van der Waals surface area contributed by atoms with Crippen molar-refractivity contribution in [3.8, 4) is 0 Å². The first-order valence-corrected chi connectivity index (χ1v) is 7.95. The molecule has 0 bridgehead atoms. The van der Waals surface area contributed by atoms with Crippen molar-refractivity contribution in [3.05, 3.63) is 18.0 Å². The lowest BCUT2D eigenvalue weighted by atomic mass is 10.2. The van der Waals surface area contributed by atoms with Crippen LogP contribution in [0, 0.1) is 0 Å². The smallest absolute Gasteiger partial charge is 0.274 e. The molecule has 1 N–H and O–H groups in total. The third kappa shape index (κ3) is 3.27. The van der Waals surface area contributed by atoms with Crippen molar-refractivity contribution in [1.29, 1.82) is 0 Å². The molecule has 1 aliphatic carbocycles. The van der Waals surface area contributed by atoms with E-state index in [1.54, 1.807) is 0 Å². The number of nitrogens with zero attached hydrogens (tertiary/aromatic N) is 4. The molecule has 116 valence electrons. The van der Waals surface area contributed by atoms with Crippen molar-refractivity contribution in [2.24, 2.45) is 0 Å². The van der Waals surface area contributed by atoms with E-state index < -0.39 is 0 Å². The number of rotatable bonds is 4. The molecule has 0 spiro atoms. The minimum absolute atomic E-state index is 0.0374. The van der Waals surface area contributed by atoms with Crippen LogP contribution in [-0.2, 0) is 0 Å². The Morgan fingerprint density at radius 1 is 1.24 bits per heavy atom. The first-order valence-electron chi connectivity index (χ1n) is 7.95. The number of amides is 1. The van der Waals surface area contributed by atoms with Crippen LogP contribution in [0.1, 0.15) is 42.2 Å². The third-order valence-electron chi connectivity index (χ3n) is 4.60. The molecule has 1 aromatic heterocycles. The molecule has 3 rings (SSSR count). The average molecular weight is 292 g/mol. The Hall–Kier alpha value is -1.40. The summed E-state index contributed by atoms with van der Waals surface area (Å²) in [6.07, 6.45) is 6.83. The number of aromatic nitrogens is 2. The van der Waals surface area contributed by atoms with Crippen LogP contribution in [0.3, 0.4) is 0 Å². The van der Waals surface area contributed by atoms with Gasteiger partial charge in [-0.15, -0.1) is 0 Å². The summed E-state index contributed by atoms with van der Waals surface area (Å²) >= 11 is 0. The van der Waals surface area contributed by atoms with Gasteiger partial charge in [0.1, 0.15) is 5.69 Å². The molecule has 1 aromatic rings. The van der Waals surface area contributed by atoms with Gasteiger partial charge in [-0.25, -0.2) is 0 Å². The number of β-amino-alcohol motifs (C(OH)–C–C–N with tert-alkyl or cyclic N) is 1. The summed E-state index contributed by atoms with van der Waals surface area (Å²) in [4.78, 5) is 16.5. The SMILES string of the molecule is O=C(c1ccn(C2CCCC2)n1)N1CCN(CCO)CC1. The number of aliphatic hydroxyl groups excluding tert-OH is 1. The zero-order valence-corrected chi connectivity index (χ0v) is 12.4. The van der Waals surface area contributed by atoms with Crippen LogP contribution in [0.15, 0.2) is 12.3 Å². The monoisotopic (exact) mass is 292 g/mol. The summed E-state index contributed by atoms with van der Waals surface area (Å²) in [7, 11) is 0. The number of piperazine rings is 1. The van der Waals surface area contributed by atoms with E-state index in [4.69, 9.17) is 5.11 Å². The van der Waals surface area contributed by atoms with Gasteiger partial charge in [0, 0.05) is 38.9 Å². The molecule has 2 fully saturated rings. The Labute approximate surface area is 125 Å². The van der Waals surface area contributed by atoms with Crippen molar-refractivity contribution in [1.82, 2.24) is 19.6 Å². The van der Waals surface area contributed by atoms with Gasteiger partial charge in [0.25, 0.3) is 5.91 Å². The molecule has 1 saturated heterocycles. The molecule has 2 heterocycles. The summed E-state index contributed by atoms with van der Waals surface area (Å²) in [6.45, 7) is 3.97. The maximum atomic E-state index is 12.5. The largest absolute Gasteiger partial charge is 0.395 e. The standard InChI is InChI=1S/C15H24N4O2/c20-12-11-17-7-9-18(10-8-17)15(21)14-5-6-19(16-14)13-3-1-2-4-13/h5-6,13,20H,1-4,7-12H2. The molecular formula is C15H24N4O2. The molecule has 6 nitrogen and oxygen atoms in total. The lowest BCUT2D eigenvalue weighted by Gasteiger charge is -2.33. The van der Waals surface area contributed by atoms with Crippen LogP contribution in [0.2, 0.25) is 0 Å². The number of aliphatic hydroxyl groups is 1. The van der Waals surface area contributed by atoms with Crippen molar-refractivity contribution in [3.63, 3.8) is 0 Å². The first-order chi connectivity index (χ1) is 10.3. The number of carbonyl (C=O) groups excluding carboxylic acids is 1. The van der Waals surface area contributed by atoms with E-state index in [9.17, 15) is 4.79 Å². The van der Waals surface area contributed by atoms with Crippen molar-refractivity contribution in [2.45, 2.75) is 31.7 Å². The van der Waals surface area contributed by atoms with Crippen LogP contribution in [0.5, 0.6) is 0 Å². The van der Waals surface area contributed by atoms with E-state index in [0.29, 0.717) is 18.3 Å². The van der Waals surface area contributed by atoms with E-state index in [2.05, 4.69) is 10.00 Å². The maximum Gasteiger partial charge on any atom is 0.274 e. The van der Waals surface area contributed by atoms with Crippen molar-refractivity contribution in [2.75, 3.05) is 39.3 Å². The summed E-state index contributed by atoms with van der Waals surface area (Å²) < 4.78 is 1.97. The molecule has 0 radical (unpaired) electrons. The highest BCUT2D eigenvalue weighted by Crippen LogP contribution is 2.28. The predicted octanol–water partition coefficient (Wildman–Crippen LogP) is 0.748. The summed E-state index contributed by atoms with van der Waals surface area (Å²) in [6, 6.07) is 2.33. The highest BCUT2D eigenvalue weighted by molar-refractivity contribution is 5.92. The van der Waals surface area contributed by atoms with Gasteiger partial charge < -0.3 is 10.0 Å². The maximum absolute atomic E-state index is 12.5.